The summed E-state index contributed by atoms with van der Waals surface area (Å²) in [6, 6.07) is 34.9. The molecule has 1 saturated carbocycles. The van der Waals surface area contributed by atoms with E-state index in [1.165, 1.54) is 31.4 Å². The summed E-state index contributed by atoms with van der Waals surface area (Å²) < 4.78 is 0. The van der Waals surface area contributed by atoms with Gasteiger partial charge in [0.1, 0.15) is 0 Å². The Labute approximate surface area is 639 Å². The van der Waals surface area contributed by atoms with Crippen LogP contribution in [0, 0.1) is 17.8 Å². The minimum absolute atomic E-state index is 0.00522. The minimum Gasteiger partial charge on any atom is -0.370 e. The number of guanidine groups is 1. The van der Waals surface area contributed by atoms with Gasteiger partial charge in [-0.05, 0) is 207 Å². The van der Waals surface area contributed by atoms with Gasteiger partial charge in [-0.3, -0.25) is 33.8 Å². The Balaban J connectivity index is 0.000000197. The van der Waals surface area contributed by atoms with Crippen LogP contribution in [0.1, 0.15) is 115 Å². The van der Waals surface area contributed by atoms with Gasteiger partial charge in [0.2, 0.25) is 23.6 Å². The van der Waals surface area contributed by atoms with Gasteiger partial charge in [0, 0.05) is 126 Å². The molecule has 0 aromatic heterocycles. The molecule has 0 bridgehead atoms. The molecule has 3 saturated heterocycles. The first-order chi connectivity index (χ1) is 49.4. The van der Waals surface area contributed by atoms with Crippen molar-refractivity contribution < 1.29 is 28.8 Å². The Morgan fingerprint density at radius 3 is 1.50 bits per heavy atom. The second-order valence-corrected chi connectivity index (χ2v) is 30.1. The SMILES string of the molecule is CC1CC(C)CC(CN2CC[C@@H](CNC(=O)c3ccc4ccccc4c3)N[C@@H](CCCN=C(N)N)C2=O)C1.NCC[C@@H]1N[C@H](CNC(=O)/C=C/c2ccc(Cl)cc2)CCN(Cc2cc(Cl)cc(Cl)c2)C1=O.NCC[C@@H]1N[C@H](CNC(=O)c2ccc(Cl)c(Cl)c2)CCN(Cc2cc(Cl)cc(Cl)c2)C1=O. The van der Waals surface area contributed by atoms with E-state index in [9.17, 15) is 28.8 Å². The molecule has 2 unspecified atom stereocenters. The van der Waals surface area contributed by atoms with Crippen molar-refractivity contribution >= 4 is 139 Å². The van der Waals surface area contributed by atoms with Gasteiger partial charge >= 0.3 is 0 Å². The predicted octanol–water partition coefficient (Wildman–Crippen LogP) is 11.3. The molecular weight excluding hydrogens is 1450 g/mol. The van der Waals surface area contributed by atoms with E-state index >= 15 is 0 Å². The maximum absolute atomic E-state index is 13.6. The molecule has 27 heteroatoms. The lowest BCUT2D eigenvalue weighted by Gasteiger charge is -2.35. The summed E-state index contributed by atoms with van der Waals surface area (Å²) in [5, 5.41) is 24.8. The van der Waals surface area contributed by atoms with Crippen LogP contribution in [0.3, 0.4) is 0 Å². The first kappa shape index (κ1) is 81.9. The van der Waals surface area contributed by atoms with Gasteiger partial charge < -0.3 is 69.5 Å². The molecule has 4 aliphatic rings. The third-order valence-corrected chi connectivity index (χ3v) is 20.5. The largest absolute Gasteiger partial charge is 0.370 e. The van der Waals surface area contributed by atoms with Crippen LogP contribution in [0.2, 0.25) is 35.2 Å². The molecule has 3 aliphatic heterocycles. The van der Waals surface area contributed by atoms with Gasteiger partial charge in [-0.25, -0.2) is 0 Å². The molecule has 10 rings (SSSR count). The molecule has 3 heterocycles. The lowest BCUT2D eigenvalue weighted by Crippen LogP contribution is -2.49. The number of halogens is 7. The van der Waals surface area contributed by atoms with Crippen molar-refractivity contribution in [3.63, 3.8) is 0 Å². The molecule has 0 spiro atoms. The Morgan fingerprint density at radius 2 is 0.990 bits per heavy atom. The molecule has 554 valence electrons. The number of aliphatic imine (C=N–C) groups is 1. The van der Waals surface area contributed by atoms with Crippen LogP contribution in [-0.4, -0.2) is 158 Å². The zero-order valence-electron chi connectivity index (χ0n) is 58.1. The van der Waals surface area contributed by atoms with Gasteiger partial charge in [-0.2, -0.15) is 0 Å². The summed E-state index contributed by atoms with van der Waals surface area (Å²) in [7, 11) is 0. The first-order valence-electron chi connectivity index (χ1n) is 35.1. The zero-order chi connectivity index (χ0) is 74.1. The second kappa shape index (κ2) is 41.2. The molecule has 8 atom stereocenters. The number of amides is 6. The van der Waals surface area contributed by atoms with Crippen molar-refractivity contribution in [1.82, 2.24) is 46.6 Å². The number of benzene rings is 6. The third kappa shape index (κ3) is 26.7. The average molecular weight is 1550 g/mol. The standard InChI is InChI=1S/C30H44N6O2.C24H27Cl3N4O2.C22H24Cl4N4O2/c1-20-14-21(2)16-22(15-20)19-36-13-11-26(35-27(29(36)38)8-5-12-33-30(31)32)18-34-28(37)25-10-9-23-6-3-4-7-24(23)17-25;25-18-4-1-16(2-5-18)3-6-23(32)29-14-21-8-10-31(24(33)22(30-21)7-9-28)15-17-11-19(26)13-20(27)12-17;23-15-7-13(8-16(24)10-15)12-30-6-4-17(29-20(3-5-27)22(30)32)11-28-21(31)14-1-2-18(25)19(26)9-14/h3-4,6-7,9-10,17,20-22,26-27,35H,5,8,11-16,18-19H2,1-2H3,(H,34,37)(H4,31,32,33);1-6,11-13,21-22,30H,7-10,14-15,28H2,(H,29,32);1-2,7-10,17,20,29H,3-6,11-12,27H2,(H,28,31)/b;6-3+;/t20?,21?,22?,26-,27-;21-,22-;17-,20-/m000/s1. The molecule has 103 heavy (non-hydrogen) atoms. The van der Waals surface area contributed by atoms with Crippen LogP contribution in [0.25, 0.3) is 16.8 Å². The number of nitrogens with zero attached hydrogens (tertiary/aromatic N) is 4. The van der Waals surface area contributed by atoms with Crippen LogP contribution in [-0.2, 0) is 32.3 Å². The lowest BCUT2D eigenvalue weighted by molar-refractivity contribution is -0.134. The highest BCUT2D eigenvalue weighted by Gasteiger charge is 2.36. The van der Waals surface area contributed by atoms with E-state index in [1.807, 2.05) is 66.7 Å². The number of fused-ring (bicyclic) bond motifs is 1. The number of carbonyl (C=O) groups is 6. The molecule has 1 aliphatic carbocycles. The smallest absolute Gasteiger partial charge is 0.251 e. The Bertz CT molecular complexity index is 3860. The van der Waals surface area contributed by atoms with E-state index in [2.05, 4.69) is 55.6 Å². The highest BCUT2D eigenvalue weighted by molar-refractivity contribution is 6.42. The second-order valence-electron chi connectivity index (χ2n) is 27.1. The Hall–Kier alpha value is -6.76. The van der Waals surface area contributed by atoms with Gasteiger partial charge in [0.25, 0.3) is 11.8 Å². The van der Waals surface area contributed by atoms with E-state index in [0.717, 1.165) is 40.4 Å². The van der Waals surface area contributed by atoms with Crippen molar-refractivity contribution in [2.24, 2.45) is 45.7 Å². The molecule has 20 nitrogen and oxygen atoms in total. The topological polar surface area (TPSA) is 301 Å². The van der Waals surface area contributed by atoms with Gasteiger partial charge in [0.15, 0.2) is 5.96 Å². The average Bonchev–Trinajstić information content (AvgIpc) is 1.84. The van der Waals surface area contributed by atoms with Crippen LogP contribution >= 0.6 is 81.2 Å². The van der Waals surface area contributed by atoms with Crippen LogP contribution in [0.15, 0.2) is 132 Å². The van der Waals surface area contributed by atoms with Crippen molar-refractivity contribution in [1.29, 1.82) is 0 Å². The van der Waals surface area contributed by atoms with Crippen LogP contribution in [0.5, 0.6) is 0 Å². The predicted molar refractivity (Wildman–Crippen MR) is 418 cm³/mol. The summed E-state index contributed by atoms with van der Waals surface area (Å²) in [4.78, 5) is 87.3. The normalized spacial score (nSPS) is 21.6. The number of nitrogens with two attached hydrogens (primary N) is 4. The van der Waals surface area contributed by atoms with Crippen LogP contribution in [0.4, 0.5) is 0 Å². The maximum Gasteiger partial charge on any atom is 0.251 e. The van der Waals surface area contributed by atoms with Gasteiger partial charge in [0.05, 0.1) is 28.2 Å². The molecule has 6 aromatic carbocycles. The summed E-state index contributed by atoms with van der Waals surface area (Å²) in [5.41, 5.74) is 26.1. The van der Waals surface area contributed by atoms with Gasteiger partial charge in [-0.1, -0.05) is 138 Å². The summed E-state index contributed by atoms with van der Waals surface area (Å²) in [6.45, 7) is 10.5. The maximum atomic E-state index is 13.6. The fraction of sp³-hybridized carbons (Fsp3) is 0.434. The highest BCUT2D eigenvalue weighted by Crippen LogP contribution is 2.34. The van der Waals surface area contributed by atoms with Gasteiger partial charge in [-0.15, -0.1) is 0 Å². The number of hydrogen-bond acceptors (Lipinski definition) is 12. The Morgan fingerprint density at radius 1 is 0.524 bits per heavy atom. The van der Waals surface area contributed by atoms with Crippen molar-refractivity contribution in [3.8, 4) is 0 Å². The molecular formula is C76H95Cl7N14O6. The monoisotopic (exact) mass is 1540 g/mol. The number of nitrogens with one attached hydrogen (secondary N) is 6. The molecule has 6 amide bonds. The van der Waals surface area contributed by atoms with Crippen molar-refractivity contribution in [2.45, 2.75) is 127 Å². The molecule has 0 radical (unpaired) electrons. The van der Waals surface area contributed by atoms with E-state index in [1.54, 1.807) is 64.4 Å². The molecule has 14 N–H and O–H groups in total. The quantitative estimate of drug-likeness (QED) is 0.0117. The first-order valence-corrected chi connectivity index (χ1v) is 37.7. The molecule has 4 fully saturated rings. The van der Waals surface area contributed by atoms with Crippen LogP contribution < -0.4 is 54.8 Å². The summed E-state index contributed by atoms with van der Waals surface area (Å²) in [6.07, 6.45) is 11.3. The highest BCUT2D eigenvalue weighted by atomic mass is 35.5. The van der Waals surface area contributed by atoms with E-state index in [4.69, 9.17) is 104 Å². The van der Waals surface area contributed by atoms with Crippen molar-refractivity contribution in [3.05, 3.63) is 190 Å². The fourth-order valence-corrected chi connectivity index (χ4v) is 15.3. The minimum atomic E-state index is -0.441. The fourth-order valence-electron chi connectivity index (χ4n) is 13.7. The van der Waals surface area contributed by atoms with E-state index in [-0.39, 0.29) is 65.6 Å². The molecule has 6 aromatic rings. The number of hydrogen-bond donors (Lipinski definition) is 10. The zero-order valence-corrected chi connectivity index (χ0v) is 63.4. The van der Waals surface area contributed by atoms with E-state index < -0.39 is 12.1 Å². The lowest BCUT2D eigenvalue weighted by atomic mass is 9.76. The Kier molecular flexibility index (Phi) is 32.8. The number of carbonyl (C=O) groups excluding carboxylic acids is 6. The summed E-state index contributed by atoms with van der Waals surface area (Å²) in [5.74, 6) is 1.56. The van der Waals surface area contributed by atoms with Crippen molar-refractivity contribution in [2.75, 3.05) is 65.4 Å². The van der Waals surface area contributed by atoms with E-state index in [0.29, 0.717) is 175 Å². The summed E-state index contributed by atoms with van der Waals surface area (Å²) >= 11 is 42.2. The third-order valence-electron chi connectivity index (χ3n) is 18.6. The number of rotatable bonds is 24.